The van der Waals surface area contributed by atoms with Gasteiger partial charge in [0.1, 0.15) is 5.54 Å². The van der Waals surface area contributed by atoms with Crippen molar-refractivity contribution in [2.45, 2.75) is 59.4 Å². The molecule has 0 aromatic rings. The van der Waals surface area contributed by atoms with Crippen molar-refractivity contribution in [1.82, 2.24) is 5.32 Å². The smallest absolute Gasteiger partial charge is 0.328 e. The lowest BCUT2D eigenvalue weighted by Gasteiger charge is -2.31. The largest absolute Gasteiger partial charge is 0.480 e. The lowest BCUT2D eigenvalue weighted by molar-refractivity contribution is -0.146. The van der Waals surface area contributed by atoms with Gasteiger partial charge in [0.05, 0.1) is 0 Å². The molecule has 0 aliphatic heterocycles. The Balaban J connectivity index is 4.38. The average Bonchev–Trinajstić information content (AvgIpc) is 2.21. The third kappa shape index (κ3) is 6.57. The zero-order valence-electron chi connectivity index (χ0n) is 12.7. The molecule has 0 aromatic carbocycles. The molecular formula is C14H28N2O3. The molecule has 5 nitrogen and oxygen atoms in total. The van der Waals surface area contributed by atoms with Crippen LogP contribution in [0, 0.1) is 11.3 Å². The van der Waals surface area contributed by atoms with Gasteiger partial charge in [-0.05, 0) is 44.6 Å². The van der Waals surface area contributed by atoms with E-state index in [1.807, 2.05) is 0 Å². The van der Waals surface area contributed by atoms with Gasteiger partial charge in [-0.1, -0.05) is 20.8 Å². The summed E-state index contributed by atoms with van der Waals surface area (Å²) in [4.78, 5) is 22.7. The summed E-state index contributed by atoms with van der Waals surface area (Å²) < 4.78 is 0. The standard InChI is InChI=1S/C14H28N2O3/c1-13(2,3)10(8-9-15)6-7-11(17)16-14(4,5)12(18)19/h10H,6-9,15H2,1-5H3,(H,16,17)(H,18,19). The number of rotatable bonds is 7. The molecule has 0 fully saturated rings. The molecule has 0 heterocycles. The van der Waals surface area contributed by atoms with Crippen molar-refractivity contribution in [1.29, 1.82) is 0 Å². The summed E-state index contributed by atoms with van der Waals surface area (Å²) in [5.41, 5.74) is 4.47. The van der Waals surface area contributed by atoms with E-state index in [0.717, 1.165) is 12.8 Å². The molecular weight excluding hydrogens is 244 g/mol. The number of amides is 1. The van der Waals surface area contributed by atoms with Crippen molar-refractivity contribution in [3.63, 3.8) is 0 Å². The van der Waals surface area contributed by atoms with Gasteiger partial charge in [0, 0.05) is 6.42 Å². The lowest BCUT2D eigenvalue weighted by Crippen LogP contribution is -2.49. The second-order valence-corrected chi connectivity index (χ2v) is 6.66. The molecule has 0 spiro atoms. The maximum Gasteiger partial charge on any atom is 0.328 e. The first kappa shape index (κ1) is 17.9. The van der Waals surface area contributed by atoms with Crippen LogP contribution in [0.25, 0.3) is 0 Å². The Kier molecular flexibility index (Phi) is 6.49. The zero-order valence-corrected chi connectivity index (χ0v) is 12.7. The van der Waals surface area contributed by atoms with E-state index >= 15 is 0 Å². The van der Waals surface area contributed by atoms with Crippen molar-refractivity contribution < 1.29 is 14.7 Å². The molecule has 0 rings (SSSR count). The zero-order chi connectivity index (χ0) is 15.3. The molecule has 1 unspecified atom stereocenters. The second kappa shape index (κ2) is 6.89. The predicted molar refractivity (Wildman–Crippen MR) is 75.7 cm³/mol. The van der Waals surface area contributed by atoms with E-state index in [1.165, 1.54) is 13.8 Å². The van der Waals surface area contributed by atoms with Gasteiger partial charge < -0.3 is 16.2 Å². The van der Waals surface area contributed by atoms with E-state index in [0.29, 0.717) is 18.9 Å². The van der Waals surface area contributed by atoms with Crippen molar-refractivity contribution in [2.24, 2.45) is 17.1 Å². The highest BCUT2D eigenvalue weighted by Crippen LogP contribution is 2.32. The van der Waals surface area contributed by atoms with Crippen LogP contribution in [0.4, 0.5) is 0 Å². The lowest BCUT2D eigenvalue weighted by atomic mass is 9.76. The minimum absolute atomic E-state index is 0.0992. The van der Waals surface area contributed by atoms with E-state index in [4.69, 9.17) is 10.8 Å². The number of hydrogen-bond donors (Lipinski definition) is 3. The molecule has 0 saturated carbocycles. The molecule has 0 aliphatic rings. The van der Waals surface area contributed by atoms with E-state index in [1.54, 1.807) is 0 Å². The van der Waals surface area contributed by atoms with Crippen LogP contribution in [-0.2, 0) is 9.59 Å². The van der Waals surface area contributed by atoms with Gasteiger partial charge in [-0.25, -0.2) is 4.79 Å². The highest BCUT2D eigenvalue weighted by atomic mass is 16.4. The molecule has 0 aliphatic carbocycles. The minimum Gasteiger partial charge on any atom is -0.480 e. The fourth-order valence-corrected chi connectivity index (χ4v) is 1.98. The second-order valence-electron chi connectivity index (χ2n) is 6.66. The molecule has 112 valence electrons. The van der Waals surface area contributed by atoms with Gasteiger partial charge in [0.2, 0.25) is 5.91 Å². The first-order valence-corrected chi connectivity index (χ1v) is 6.75. The van der Waals surface area contributed by atoms with Crippen LogP contribution in [-0.4, -0.2) is 29.1 Å². The van der Waals surface area contributed by atoms with E-state index in [-0.39, 0.29) is 11.3 Å². The van der Waals surface area contributed by atoms with Gasteiger partial charge in [0.15, 0.2) is 0 Å². The summed E-state index contributed by atoms with van der Waals surface area (Å²) in [6.45, 7) is 9.96. The number of nitrogens with two attached hydrogens (primary N) is 1. The SMILES string of the molecule is CC(C)(NC(=O)CCC(CCN)C(C)(C)C)C(=O)O. The van der Waals surface area contributed by atoms with Crippen molar-refractivity contribution in [2.75, 3.05) is 6.54 Å². The van der Waals surface area contributed by atoms with Crippen LogP contribution in [0.5, 0.6) is 0 Å². The summed E-state index contributed by atoms with van der Waals surface area (Å²) in [7, 11) is 0. The normalized spacial score (nSPS) is 14.0. The molecule has 5 heteroatoms. The van der Waals surface area contributed by atoms with Gasteiger partial charge >= 0.3 is 5.97 Å². The van der Waals surface area contributed by atoms with Gasteiger partial charge in [-0.15, -0.1) is 0 Å². The molecule has 0 bridgehead atoms. The van der Waals surface area contributed by atoms with E-state index in [9.17, 15) is 9.59 Å². The first-order valence-electron chi connectivity index (χ1n) is 6.75. The Labute approximate surface area is 115 Å². The maximum absolute atomic E-state index is 11.8. The number of carbonyl (C=O) groups excluding carboxylic acids is 1. The van der Waals surface area contributed by atoms with Crippen LogP contribution in [0.15, 0.2) is 0 Å². The fraction of sp³-hybridized carbons (Fsp3) is 0.857. The quantitative estimate of drug-likeness (QED) is 0.658. The molecule has 19 heavy (non-hydrogen) atoms. The van der Waals surface area contributed by atoms with Crippen molar-refractivity contribution >= 4 is 11.9 Å². The summed E-state index contributed by atoms with van der Waals surface area (Å²) in [6, 6.07) is 0. The van der Waals surface area contributed by atoms with Crippen molar-refractivity contribution in [3.8, 4) is 0 Å². The Morgan fingerprint density at radius 3 is 2.05 bits per heavy atom. The predicted octanol–water partition coefficient (Wildman–Crippen LogP) is 1.76. The number of carboxylic acid groups (broad SMARTS) is 1. The molecule has 1 amide bonds. The summed E-state index contributed by atoms with van der Waals surface area (Å²) in [5.74, 6) is -0.898. The first-order chi connectivity index (χ1) is 8.50. The van der Waals surface area contributed by atoms with Crippen molar-refractivity contribution in [3.05, 3.63) is 0 Å². The number of carboxylic acids is 1. The van der Waals surface area contributed by atoms with Crippen LogP contribution in [0.2, 0.25) is 0 Å². The highest BCUT2D eigenvalue weighted by molar-refractivity contribution is 5.86. The topological polar surface area (TPSA) is 92.4 Å². The van der Waals surface area contributed by atoms with Gasteiger partial charge in [0.25, 0.3) is 0 Å². The summed E-state index contributed by atoms with van der Waals surface area (Å²) in [5, 5.41) is 11.5. The summed E-state index contributed by atoms with van der Waals surface area (Å²) in [6.07, 6.45) is 1.93. The van der Waals surface area contributed by atoms with Crippen LogP contribution < -0.4 is 11.1 Å². The molecule has 1 atom stereocenters. The number of carbonyl (C=O) groups is 2. The minimum atomic E-state index is -1.22. The Bertz CT molecular complexity index is 319. The molecule has 0 aromatic heterocycles. The third-order valence-corrected chi connectivity index (χ3v) is 3.45. The molecule has 0 saturated heterocycles. The average molecular weight is 272 g/mol. The molecule has 4 N–H and O–H groups in total. The Hall–Kier alpha value is -1.10. The molecule has 0 radical (unpaired) electrons. The summed E-state index contributed by atoms with van der Waals surface area (Å²) >= 11 is 0. The maximum atomic E-state index is 11.8. The Morgan fingerprint density at radius 1 is 1.16 bits per heavy atom. The van der Waals surface area contributed by atoms with Crippen LogP contribution in [0.1, 0.15) is 53.9 Å². The number of aliphatic carboxylic acids is 1. The van der Waals surface area contributed by atoms with E-state index in [2.05, 4.69) is 26.1 Å². The van der Waals surface area contributed by atoms with Gasteiger partial charge in [-0.2, -0.15) is 0 Å². The monoisotopic (exact) mass is 272 g/mol. The highest BCUT2D eigenvalue weighted by Gasteiger charge is 2.30. The third-order valence-electron chi connectivity index (χ3n) is 3.45. The fourth-order valence-electron chi connectivity index (χ4n) is 1.98. The van der Waals surface area contributed by atoms with Crippen LogP contribution in [0.3, 0.4) is 0 Å². The number of hydrogen-bond acceptors (Lipinski definition) is 3. The Morgan fingerprint density at radius 2 is 1.68 bits per heavy atom. The van der Waals surface area contributed by atoms with Crippen LogP contribution >= 0.6 is 0 Å². The van der Waals surface area contributed by atoms with E-state index < -0.39 is 11.5 Å². The van der Waals surface area contributed by atoms with Gasteiger partial charge in [-0.3, -0.25) is 4.79 Å². The number of nitrogens with one attached hydrogen (secondary N) is 1.